The summed E-state index contributed by atoms with van der Waals surface area (Å²) in [5.41, 5.74) is 4.20. The molecule has 1 saturated carbocycles. The molecule has 1 N–H and O–H groups in total. The van der Waals surface area contributed by atoms with Crippen LogP contribution in [-0.4, -0.2) is 16.3 Å². The van der Waals surface area contributed by atoms with Gasteiger partial charge in [-0.3, -0.25) is 4.68 Å². The standard InChI is InChI=1S/C18H25N3/c1-3-12-19-18(17-11-13-20-21(17)2)16-10-5-4-9-15(16)14-7-6-8-14/h4-5,9-11,13-14,18-19H,3,6-8,12H2,1-2H3. The molecule has 3 rings (SSSR count). The Morgan fingerprint density at radius 2 is 2.10 bits per heavy atom. The first kappa shape index (κ1) is 14.3. The summed E-state index contributed by atoms with van der Waals surface area (Å²) in [6.07, 6.45) is 7.07. The first-order valence-corrected chi connectivity index (χ1v) is 8.11. The topological polar surface area (TPSA) is 29.9 Å². The minimum absolute atomic E-state index is 0.245. The van der Waals surface area contributed by atoms with E-state index in [0.29, 0.717) is 0 Å². The van der Waals surface area contributed by atoms with Gasteiger partial charge in [0.05, 0.1) is 11.7 Å². The zero-order valence-electron chi connectivity index (χ0n) is 13.0. The summed E-state index contributed by atoms with van der Waals surface area (Å²) < 4.78 is 1.99. The Morgan fingerprint density at radius 3 is 2.71 bits per heavy atom. The molecule has 1 heterocycles. The predicted molar refractivity (Wildman–Crippen MR) is 86.4 cm³/mol. The molecule has 21 heavy (non-hydrogen) atoms. The summed E-state index contributed by atoms with van der Waals surface area (Å²) in [6.45, 7) is 3.24. The molecule has 1 aliphatic rings. The zero-order valence-corrected chi connectivity index (χ0v) is 13.0. The molecule has 2 aromatic rings. The normalized spacial score (nSPS) is 16.7. The lowest BCUT2D eigenvalue weighted by Crippen LogP contribution is -2.27. The molecule has 3 nitrogen and oxygen atoms in total. The van der Waals surface area contributed by atoms with Gasteiger partial charge in [-0.15, -0.1) is 0 Å². The Labute approximate surface area is 127 Å². The highest BCUT2D eigenvalue weighted by molar-refractivity contribution is 5.38. The lowest BCUT2D eigenvalue weighted by atomic mass is 9.77. The quantitative estimate of drug-likeness (QED) is 0.874. The highest BCUT2D eigenvalue weighted by atomic mass is 15.3. The van der Waals surface area contributed by atoms with Crippen molar-refractivity contribution in [1.82, 2.24) is 15.1 Å². The zero-order chi connectivity index (χ0) is 14.7. The molecule has 0 aliphatic heterocycles. The molecule has 0 saturated heterocycles. The molecule has 0 amide bonds. The second kappa shape index (κ2) is 6.44. The van der Waals surface area contributed by atoms with E-state index in [4.69, 9.17) is 0 Å². The van der Waals surface area contributed by atoms with Crippen molar-refractivity contribution in [2.45, 2.75) is 44.6 Å². The van der Waals surface area contributed by atoms with Crippen LogP contribution in [0.3, 0.4) is 0 Å². The SMILES string of the molecule is CCCNC(c1ccccc1C1CCC1)c1ccnn1C. The number of rotatable bonds is 6. The molecule has 1 aliphatic carbocycles. The van der Waals surface area contributed by atoms with Crippen LogP contribution < -0.4 is 5.32 Å². The third-order valence-corrected chi connectivity index (χ3v) is 4.61. The highest BCUT2D eigenvalue weighted by Gasteiger charge is 2.26. The van der Waals surface area contributed by atoms with Crippen molar-refractivity contribution in [2.24, 2.45) is 7.05 Å². The van der Waals surface area contributed by atoms with Crippen molar-refractivity contribution in [3.05, 3.63) is 53.3 Å². The fourth-order valence-corrected chi connectivity index (χ4v) is 3.19. The maximum atomic E-state index is 4.36. The van der Waals surface area contributed by atoms with Crippen molar-refractivity contribution in [1.29, 1.82) is 0 Å². The van der Waals surface area contributed by atoms with Crippen LogP contribution in [0.1, 0.15) is 61.4 Å². The Balaban J connectivity index is 1.98. The van der Waals surface area contributed by atoms with Gasteiger partial charge in [0, 0.05) is 13.2 Å². The number of aromatic nitrogens is 2. The summed E-state index contributed by atoms with van der Waals surface area (Å²) in [5.74, 6) is 0.750. The largest absolute Gasteiger partial charge is 0.305 e. The van der Waals surface area contributed by atoms with Crippen molar-refractivity contribution >= 4 is 0 Å². The van der Waals surface area contributed by atoms with Gasteiger partial charge in [-0.2, -0.15) is 5.10 Å². The summed E-state index contributed by atoms with van der Waals surface area (Å²) >= 11 is 0. The Bertz CT molecular complexity index is 584. The van der Waals surface area contributed by atoms with Gasteiger partial charge in [0.2, 0.25) is 0 Å². The smallest absolute Gasteiger partial charge is 0.0750 e. The monoisotopic (exact) mass is 283 g/mol. The van der Waals surface area contributed by atoms with E-state index < -0.39 is 0 Å². The van der Waals surface area contributed by atoms with Gasteiger partial charge in [-0.25, -0.2) is 0 Å². The molecule has 1 aromatic carbocycles. The molecule has 1 fully saturated rings. The highest BCUT2D eigenvalue weighted by Crippen LogP contribution is 2.40. The minimum atomic E-state index is 0.245. The number of hydrogen-bond acceptors (Lipinski definition) is 2. The van der Waals surface area contributed by atoms with Gasteiger partial charge in [-0.05, 0) is 48.9 Å². The van der Waals surface area contributed by atoms with E-state index in [1.54, 1.807) is 0 Å². The average Bonchev–Trinajstić information content (AvgIpc) is 2.85. The summed E-state index contributed by atoms with van der Waals surface area (Å²) in [6, 6.07) is 11.3. The molecule has 112 valence electrons. The molecule has 3 heteroatoms. The molecule has 1 aromatic heterocycles. The Kier molecular flexibility index (Phi) is 4.39. The molecule has 0 radical (unpaired) electrons. The van der Waals surface area contributed by atoms with E-state index in [1.165, 1.54) is 36.1 Å². The summed E-state index contributed by atoms with van der Waals surface area (Å²) in [4.78, 5) is 0. The van der Waals surface area contributed by atoms with Gasteiger partial charge >= 0.3 is 0 Å². The minimum Gasteiger partial charge on any atom is -0.305 e. The van der Waals surface area contributed by atoms with Crippen LogP contribution in [0.15, 0.2) is 36.5 Å². The Morgan fingerprint density at radius 1 is 1.29 bits per heavy atom. The molecular formula is C18H25N3. The number of benzene rings is 1. The van der Waals surface area contributed by atoms with E-state index >= 15 is 0 Å². The first-order chi connectivity index (χ1) is 10.3. The van der Waals surface area contributed by atoms with Gasteiger partial charge in [0.1, 0.15) is 0 Å². The Hall–Kier alpha value is -1.61. The molecule has 1 unspecified atom stereocenters. The molecule has 0 bridgehead atoms. The summed E-state index contributed by atoms with van der Waals surface area (Å²) in [7, 11) is 2.03. The van der Waals surface area contributed by atoms with Crippen LogP contribution in [0.5, 0.6) is 0 Å². The first-order valence-electron chi connectivity index (χ1n) is 8.11. The van der Waals surface area contributed by atoms with E-state index in [9.17, 15) is 0 Å². The second-order valence-electron chi connectivity index (χ2n) is 6.02. The maximum Gasteiger partial charge on any atom is 0.0750 e. The van der Waals surface area contributed by atoms with Crippen LogP contribution in [0.25, 0.3) is 0 Å². The van der Waals surface area contributed by atoms with Crippen molar-refractivity contribution in [2.75, 3.05) is 6.54 Å². The lowest BCUT2D eigenvalue weighted by Gasteiger charge is -2.31. The van der Waals surface area contributed by atoms with Crippen molar-refractivity contribution in [3.8, 4) is 0 Å². The second-order valence-corrected chi connectivity index (χ2v) is 6.02. The number of hydrogen-bond donors (Lipinski definition) is 1. The van der Waals surface area contributed by atoms with Crippen LogP contribution in [0.4, 0.5) is 0 Å². The van der Waals surface area contributed by atoms with Crippen LogP contribution >= 0.6 is 0 Å². The van der Waals surface area contributed by atoms with E-state index in [2.05, 4.69) is 47.7 Å². The van der Waals surface area contributed by atoms with Crippen LogP contribution in [-0.2, 0) is 7.05 Å². The van der Waals surface area contributed by atoms with Crippen molar-refractivity contribution < 1.29 is 0 Å². The van der Waals surface area contributed by atoms with Crippen LogP contribution in [0.2, 0.25) is 0 Å². The predicted octanol–water partition coefficient (Wildman–Crippen LogP) is 3.78. The van der Waals surface area contributed by atoms with Gasteiger partial charge in [-0.1, -0.05) is 37.6 Å². The number of aryl methyl sites for hydroxylation is 1. The average molecular weight is 283 g/mol. The van der Waals surface area contributed by atoms with Gasteiger partial charge in [0.25, 0.3) is 0 Å². The fourth-order valence-electron chi connectivity index (χ4n) is 3.19. The maximum absolute atomic E-state index is 4.36. The van der Waals surface area contributed by atoms with Crippen LogP contribution in [0, 0.1) is 0 Å². The molecule has 0 spiro atoms. The number of nitrogens with zero attached hydrogens (tertiary/aromatic N) is 2. The third-order valence-electron chi connectivity index (χ3n) is 4.61. The van der Waals surface area contributed by atoms with E-state index in [0.717, 1.165) is 18.9 Å². The van der Waals surface area contributed by atoms with Gasteiger partial charge < -0.3 is 5.32 Å². The van der Waals surface area contributed by atoms with Gasteiger partial charge in [0.15, 0.2) is 0 Å². The van der Waals surface area contributed by atoms with Crippen molar-refractivity contribution in [3.63, 3.8) is 0 Å². The lowest BCUT2D eigenvalue weighted by molar-refractivity contribution is 0.413. The van der Waals surface area contributed by atoms with E-state index in [-0.39, 0.29) is 6.04 Å². The third kappa shape index (κ3) is 2.88. The molecule has 1 atom stereocenters. The number of nitrogens with one attached hydrogen (secondary N) is 1. The van der Waals surface area contributed by atoms with E-state index in [1.807, 2.05) is 17.9 Å². The molecular weight excluding hydrogens is 258 g/mol. The fraction of sp³-hybridized carbons (Fsp3) is 0.500. The summed E-state index contributed by atoms with van der Waals surface area (Å²) in [5, 5.41) is 8.07.